The van der Waals surface area contributed by atoms with E-state index in [1.165, 1.54) is 6.92 Å². The van der Waals surface area contributed by atoms with Gasteiger partial charge in [0.2, 0.25) is 23.0 Å². The molecular weight excluding hydrogens is 624 g/mol. The number of unbranched alkanes of at least 4 members (excludes halogenated alkanes) is 2. The molecule has 1 aliphatic rings. The van der Waals surface area contributed by atoms with Gasteiger partial charge in [-0.25, -0.2) is 9.78 Å². The van der Waals surface area contributed by atoms with Gasteiger partial charge in [-0.2, -0.15) is 0 Å². The molecule has 0 bridgehead atoms. The summed E-state index contributed by atoms with van der Waals surface area (Å²) in [5.41, 5.74) is 3.94. The van der Waals surface area contributed by atoms with Gasteiger partial charge in [-0.05, 0) is 74.4 Å². The number of hydrogen-bond donors (Lipinski definition) is 3. The van der Waals surface area contributed by atoms with Crippen molar-refractivity contribution in [3.8, 4) is 28.4 Å². The Hall–Kier alpha value is -4.65. The number of anilines is 2. The van der Waals surface area contributed by atoms with Gasteiger partial charge in [0.1, 0.15) is 4.88 Å². The number of aromatic nitrogens is 1. The van der Waals surface area contributed by atoms with Gasteiger partial charge in [-0.15, -0.1) is 0 Å². The zero-order valence-electron chi connectivity index (χ0n) is 27.7. The van der Waals surface area contributed by atoms with E-state index >= 15 is 0 Å². The average molecular weight is 667 g/mol. The highest BCUT2D eigenvalue weighted by Crippen LogP contribution is 2.50. The summed E-state index contributed by atoms with van der Waals surface area (Å²) in [5.74, 6) is 0.656. The van der Waals surface area contributed by atoms with E-state index in [2.05, 4.69) is 20.9 Å². The highest BCUT2D eigenvalue weighted by molar-refractivity contribution is 7.17. The van der Waals surface area contributed by atoms with Crippen molar-refractivity contribution in [3.05, 3.63) is 56.2 Å². The van der Waals surface area contributed by atoms with E-state index in [4.69, 9.17) is 18.9 Å². The van der Waals surface area contributed by atoms with Gasteiger partial charge in [0.15, 0.2) is 16.6 Å². The summed E-state index contributed by atoms with van der Waals surface area (Å²) in [6, 6.07) is 6.75. The molecule has 12 nitrogen and oxygen atoms in total. The first kappa shape index (κ1) is 35.2. The number of rotatable bonds is 14. The highest BCUT2D eigenvalue weighted by atomic mass is 32.1. The minimum atomic E-state index is -0.447. The molecule has 13 heteroatoms. The normalized spacial score (nSPS) is 13.4. The number of nitrogens with zero attached hydrogens (tertiary/aromatic N) is 1. The first-order valence-corrected chi connectivity index (χ1v) is 16.4. The van der Waals surface area contributed by atoms with Gasteiger partial charge in [-0.3, -0.25) is 14.4 Å². The highest BCUT2D eigenvalue weighted by Gasteiger charge is 2.29. The summed E-state index contributed by atoms with van der Waals surface area (Å²) in [4.78, 5) is 54.7. The lowest BCUT2D eigenvalue weighted by molar-refractivity contribution is -0.119. The van der Waals surface area contributed by atoms with Gasteiger partial charge in [0.25, 0.3) is 0 Å². The zero-order chi connectivity index (χ0) is 34.1. The van der Waals surface area contributed by atoms with Gasteiger partial charge in [0, 0.05) is 25.5 Å². The van der Waals surface area contributed by atoms with Crippen molar-refractivity contribution < 1.29 is 33.3 Å². The van der Waals surface area contributed by atoms with Crippen molar-refractivity contribution in [1.82, 2.24) is 10.3 Å². The molecule has 1 heterocycles. The Morgan fingerprint density at radius 2 is 1.79 bits per heavy atom. The minimum Gasteiger partial charge on any atom is -0.493 e. The van der Waals surface area contributed by atoms with E-state index in [0.717, 1.165) is 40.9 Å². The van der Waals surface area contributed by atoms with Crippen LogP contribution in [0.1, 0.15) is 78.5 Å². The van der Waals surface area contributed by atoms with Crippen molar-refractivity contribution in [2.45, 2.75) is 65.3 Å². The lowest BCUT2D eigenvalue weighted by Gasteiger charge is -2.19. The molecule has 0 fully saturated rings. The maximum Gasteiger partial charge on any atom is 0.350 e. The molecule has 1 aromatic heterocycles. The van der Waals surface area contributed by atoms with Crippen LogP contribution < -0.4 is 35.6 Å². The summed E-state index contributed by atoms with van der Waals surface area (Å²) in [6.07, 6.45) is 3.62. The van der Waals surface area contributed by atoms with Crippen LogP contribution in [0.15, 0.2) is 29.1 Å². The number of fused-ring (bicyclic) bond motifs is 3. The number of carbonyl (C=O) groups is 3. The maximum absolute atomic E-state index is 13.5. The number of aryl methyl sites for hydroxylation is 2. The van der Waals surface area contributed by atoms with Crippen LogP contribution in [0.4, 0.5) is 10.8 Å². The molecule has 252 valence electrons. The smallest absolute Gasteiger partial charge is 0.350 e. The topological polar surface area (TPSA) is 154 Å². The first-order chi connectivity index (χ1) is 22.6. The second-order valence-corrected chi connectivity index (χ2v) is 12.0. The van der Waals surface area contributed by atoms with Crippen LogP contribution in [-0.4, -0.2) is 57.2 Å². The Balaban J connectivity index is 1.45. The summed E-state index contributed by atoms with van der Waals surface area (Å²) in [5, 5.41) is 9.39. The second kappa shape index (κ2) is 16.3. The van der Waals surface area contributed by atoms with Crippen molar-refractivity contribution >= 4 is 39.9 Å². The SMILES string of the molecule is CCOC(=O)c1sc(NC(=O)CCCCCNc2ccc3c(cc2=O)[C@@H](NC(C)=O)CCc2cc(OC)c(OC)c(OC)c2-3)nc1C. The number of thiazole rings is 1. The van der Waals surface area contributed by atoms with E-state index in [1.54, 1.807) is 47.3 Å². The van der Waals surface area contributed by atoms with Gasteiger partial charge < -0.3 is 34.9 Å². The van der Waals surface area contributed by atoms with Crippen LogP contribution in [0.25, 0.3) is 11.1 Å². The van der Waals surface area contributed by atoms with E-state index in [9.17, 15) is 19.2 Å². The largest absolute Gasteiger partial charge is 0.493 e. The third-order valence-electron chi connectivity index (χ3n) is 7.82. The lowest BCUT2D eigenvalue weighted by Crippen LogP contribution is -2.26. The monoisotopic (exact) mass is 666 g/mol. The quantitative estimate of drug-likeness (QED) is 0.150. The molecule has 4 rings (SSSR count). The minimum absolute atomic E-state index is 0.181. The molecular formula is C34H42N4O8S. The molecule has 0 unspecified atom stereocenters. The number of nitrogens with one attached hydrogen (secondary N) is 3. The number of benzene rings is 1. The maximum atomic E-state index is 13.5. The molecule has 3 aromatic rings. The number of methoxy groups -OCH3 is 3. The van der Waals surface area contributed by atoms with Crippen molar-refractivity contribution in [3.63, 3.8) is 0 Å². The first-order valence-electron chi connectivity index (χ1n) is 15.6. The molecule has 0 saturated heterocycles. The number of hydrogen-bond acceptors (Lipinski definition) is 11. The molecule has 0 spiro atoms. The average Bonchev–Trinajstić information content (AvgIpc) is 3.24. The summed E-state index contributed by atoms with van der Waals surface area (Å²) in [6.45, 7) is 5.69. The van der Waals surface area contributed by atoms with E-state index in [-0.39, 0.29) is 29.9 Å². The Kier molecular flexibility index (Phi) is 12.2. The summed E-state index contributed by atoms with van der Waals surface area (Å²) >= 11 is 1.10. The van der Waals surface area contributed by atoms with E-state index in [1.807, 2.05) is 12.1 Å². The molecule has 1 aliphatic carbocycles. The molecule has 0 saturated carbocycles. The van der Waals surface area contributed by atoms with Gasteiger partial charge >= 0.3 is 5.97 Å². The number of ether oxygens (including phenoxy) is 4. The van der Waals surface area contributed by atoms with Crippen LogP contribution in [0.2, 0.25) is 0 Å². The standard InChI is InChI=1S/C34H42N4O8S/c1-7-46-33(42)32-19(2)36-34(47-32)38-28(41)11-9-8-10-16-35-25-15-13-22-23(18-26(25)40)24(37-20(3)39)14-12-21-17-27(43-4)30(44-5)31(45-6)29(21)22/h13,15,17-18,24H,7-12,14,16H2,1-6H3,(H,35,40)(H,37,39)(H,36,38,41)/t24-/m0/s1. The molecule has 2 amide bonds. The van der Waals surface area contributed by atoms with Crippen LogP contribution in [0.5, 0.6) is 17.2 Å². The van der Waals surface area contributed by atoms with Gasteiger partial charge in [-0.1, -0.05) is 23.8 Å². The molecule has 47 heavy (non-hydrogen) atoms. The zero-order valence-corrected chi connectivity index (χ0v) is 28.5. The van der Waals surface area contributed by atoms with E-state index in [0.29, 0.717) is 76.4 Å². The predicted molar refractivity (Wildman–Crippen MR) is 181 cm³/mol. The van der Waals surface area contributed by atoms with E-state index < -0.39 is 5.97 Å². The predicted octanol–water partition coefficient (Wildman–Crippen LogP) is 5.42. The summed E-state index contributed by atoms with van der Waals surface area (Å²) < 4.78 is 22.1. The fourth-order valence-electron chi connectivity index (χ4n) is 5.68. The molecule has 1 atom stereocenters. The summed E-state index contributed by atoms with van der Waals surface area (Å²) in [7, 11) is 4.68. The number of carbonyl (C=O) groups excluding carboxylic acids is 3. The Bertz CT molecular complexity index is 1690. The van der Waals surface area contributed by atoms with Crippen LogP contribution >= 0.6 is 11.3 Å². The van der Waals surface area contributed by atoms with Crippen LogP contribution in [0, 0.1) is 6.92 Å². The molecule has 0 aliphatic heterocycles. The number of amides is 2. The lowest BCUT2D eigenvalue weighted by atomic mass is 9.95. The van der Waals surface area contributed by atoms with Crippen molar-refractivity contribution in [2.75, 3.05) is 45.1 Å². The molecule has 0 radical (unpaired) electrons. The van der Waals surface area contributed by atoms with Crippen LogP contribution in [-0.2, 0) is 20.7 Å². The molecule has 3 N–H and O–H groups in total. The fraction of sp³-hybridized carbons (Fsp3) is 0.441. The fourth-order valence-corrected chi connectivity index (χ4v) is 6.56. The molecule has 2 aromatic carbocycles. The van der Waals surface area contributed by atoms with Gasteiger partial charge in [0.05, 0.1) is 45.4 Å². The Labute approximate surface area is 278 Å². The van der Waals surface area contributed by atoms with Crippen molar-refractivity contribution in [2.24, 2.45) is 0 Å². The third-order valence-corrected chi connectivity index (χ3v) is 8.87. The number of esters is 1. The third kappa shape index (κ3) is 8.39. The second-order valence-electron chi connectivity index (χ2n) is 11.0. The van der Waals surface area contributed by atoms with Crippen LogP contribution in [0.3, 0.4) is 0 Å². The Morgan fingerprint density at radius 1 is 1.02 bits per heavy atom. The Morgan fingerprint density at radius 3 is 2.47 bits per heavy atom. The van der Waals surface area contributed by atoms with Crippen molar-refractivity contribution in [1.29, 1.82) is 0 Å².